The molecular weight excluding hydrogens is 198 g/mol. The predicted octanol–water partition coefficient (Wildman–Crippen LogP) is 0.0560. The van der Waals surface area contributed by atoms with Gasteiger partial charge >= 0.3 is 5.97 Å². The largest absolute Gasteiger partial charge is 0.466 e. The molecule has 3 N–H and O–H groups in total. The lowest BCUT2D eigenvalue weighted by molar-refractivity contribution is -0.145. The lowest BCUT2D eigenvalue weighted by atomic mass is 10.0. The zero-order chi connectivity index (χ0) is 11.7. The van der Waals surface area contributed by atoms with Crippen LogP contribution in [-0.4, -0.2) is 43.0 Å². The number of carbonyl (C=O) groups excluding carboxylic acids is 1. The summed E-state index contributed by atoms with van der Waals surface area (Å²) in [5, 5.41) is 8.63. The monoisotopic (exact) mass is 219 g/mol. The highest BCUT2D eigenvalue weighted by Gasteiger charge is 2.24. The van der Waals surface area contributed by atoms with E-state index in [1.807, 2.05) is 6.92 Å². The molecule has 1 atom stereocenters. The first-order valence-electron chi connectivity index (χ1n) is 5.18. The Balaban J connectivity index is 3.91. The summed E-state index contributed by atoms with van der Waals surface area (Å²) >= 11 is 0. The van der Waals surface area contributed by atoms with Crippen LogP contribution in [0.3, 0.4) is 0 Å². The molecule has 0 aromatic rings. The topological polar surface area (TPSA) is 81.8 Å². The number of rotatable bonds is 8. The maximum absolute atomic E-state index is 11.1. The van der Waals surface area contributed by atoms with Crippen molar-refractivity contribution < 1.29 is 19.4 Å². The van der Waals surface area contributed by atoms with Crippen LogP contribution in [0.2, 0.25) is 0 Å². The Morgan fingerprint density at radius 1 is 1.53 bits per heavy atom. The molecule has 5 nitrogen and oxygen atoms in total. The molecule has 0 bridgehead atoms. The smallest absolute Gasteiger partial charge is 0.305 e. The van der Waals surface area contributed by atoms with Gasteiger partial charge in [-0.25, -0.2) is 0 Å². The van der Waals surface area contributed by atoms with E-state index in [4.69, 9.17) is 20.3 Å². The molecule has 0 amide bonds. The molecule has 0 aliphatic carbocycles. The minimum absolute atomic E-state index is 0.0466. The quantitative estimate of drug-likeness (QED) is 0.564. The Kier molecular flexibility index (Phi) is 7.29. The van der Waals surface area contributed by atoms with Gasteiger partial charge in [0.1, 0.15) is 0 Å². The van der Waals surface area contributed by atoms with Crippen molar-refractivity contribution in [3.8, 4) is 0 Å². The number of carbonyl (C=O) groups is 1. The maximum Gasteiger partial charge on any atom is 0.305 e. The first-order valence-corrected chi connectivity index (χ1v) is 5.18. The second-order valence-corrected chi connectivity index (χ2v) is 3.53. The van der Waals surface area contributed by atoms with Gasteiger partial charge in [0, 0.05) is 13.0 Å². The molecule has 0 fully saturated rings. The van der Waals surface area contributed by atoms with E-state index in [1.165, 1.54) is 0 Å². The number of aliphatic hydroxyl groups excluding tert-OH is 1. The van der Waals surface area contributed by atoms with Gasteiger partial charge in [-0.3, -0.25) is 4.79 Å². The second-order valence-electron chi connectivity index (χ2n) is 3.53. The molecule has 0 saturated heterocycles. The highest BCUT2D eigenvalue weighted by Crippen LogP contribution is 2.16. The number of nitrogens with two attached hydrogens (primary N) is 1. The highest BCUT2D eigenvalue weighted by atomic mass is 16.5. The number of hydrogen-bond donors (Lipinski definition) is 2. The van der Waals surface area contributed by atoms with Gasteiger partial charge < -0.3 is 20.3 Å². The normalized spacial score (nSPS) is 14.7. The summed E-state index contributed by atoms with van der Waals surface area (Å²) in [4.78, 5) is 11.1. The highest BCUT2D eigenvalue weighted by molar-refractivity contribution is 5.69. The van der Waals surface area contributed by atoms with Crippen LogP contribution in [0.1, 0.15) is 26.7 Å². The number of aliphatic hydroxyl groups is 1. The summed E-state index contributed by atoms with van der Waals surface area (Å²) in [5.74, 6) is -0.246. The number of esters is 1. The van der Waals surface area contributed by atoms with E-state index < -0.39 is 5.60 Å². The van der Waals surface area contributed by atoms with Crippen LogP contribution in [0.5, 0.6) is 0 Å². The molecule has 0 radical (unpaired) electrons. The van der Waals surface area contributed by atoms with E-state index in [9.17, 15) is 4.79 Å². The SMILES string of the molecule is CCOC(=O)CCC(C)(CN)OCCO. The molecule has 1 unspecified atom stereocenters. The molecule has 0 aliphatic heterocycles. The molecule has 0 heterocycles. The van der Waals surface area contributed by atoms with Crippen LogP contribution in [0.15, 0.2) is 0 Å². The Morgan fingerprint density at radius 2 is 2.20 bits per heavy atom. The van der Waals surface area contributed by atoms with Crippen LogP contribution >= 0.6 is 0 Å². The summed E-state index contributed by atoms with van der Waals surface area (Å²) in [6.07, 6.45) is 0.787. The van der Waals surface area contributed by atoms with Gasteiger partial charge in [-0.05, 0) is 20.3 Å². The minimum Gasteiger partial charge on any atom is -0.466 e. The van der Waals surface area contributed by atoms with Gasteiger partial charge in [-0.2, -0.15) is 0 Å². The lowest BCUT2D eigenvalue weighted by Gasteiger charge is -2.27. The Morgan fingerprint density at radius 3 is 2.67 bits per heavy atom. The zero-order valence-corrected chi connectivity index (χ0v) is 9.49. The fourth-order valence-corrected chi connectivity index (χ4v) is 1.12. The van der Waals surface area contributed by atoms with Crippen LogP contribution in [-0.2, 0) is 14.3 Å². The van der Waals surface area contributed by atoms with Crippen molar-refractivity contribution in [1.82, 2.24) is 0 Å². The van der Waals surface area contributed by atoms with Gasteiger partial charge in [0.15, 0.2) is 0 Å². The molecule has 0 spiro atoms. The van der Waals surface area contributed by atoms with E-state index in [0.29, 0.717) is 19.6 Å². The molecule has 15 heavy (non-hydrogen) atoms. The summed E-state index contributed by atoms with van der Waals surface area (Å²) < 4.78 is 10.2. The van der Waals surface area contributed by atoms with Crippen molar-refractivity contribution in [2.45, 2.75) is 32.3 Å². The van der Waals surface area contributed by atoms with Gasteiger partial charge in [0.05, 0.1) is 25.4 Å². The van der Waals surface area contributed by atoms with Gasteiger partial charge in [0.25, 0.3) is 0 Å². The standard InChI is InChI=1S/C10H21NO4/c1-3-14-9(13)4-5-10(2,8-11)15-7-6-12/h12H,3-8,11H2,1-2H3. The summed E-state index contributed by atoms with van der Waals surface area (Å²) in [6, 6.07) is 0. The summed E-state index contributed by atoms with van der Waals surface area (Å²) in [7, 11) is 0. The molecule has 0 aromatic carbocycles. The number of ether oxygens (including phenoxy) is 2. The zero-order valence-electron chi connectivity index (χ0n) is 9.49. The van der Waals surface area contributed by atoms with E-state index in [-0.39, 0.29) is 25.6 Å². The fraction of sp³-hybridized carbons (Fsp3) is 0.900. The van der Waals surface area contributed by atoms with Gasteiger partial charge in [0.2, 0.25) is 0 Å². The molecular formula is C10H21NO4. The van der Waals surface area contributed by atoms with Crippen LogP contribution in [0, 0.1) is 0 Å². The van der Waals surface area contributed by atoms with E-state index in [1.54, 1.807) is 6.92 Å². The van der Waals surface area contributed by atoms with E-state index in [0.717, 1.165) is 0 Å². The number of hydrogen-bond acceptors (Lipinski definition) is 5. The van der Waals surface area contributed by atoms with Crippen molar-refractivity contribution in [1.29, 1.82) is 0 Å². The average molecular weight is 219 g/mol. The molecule has 0 aromatic heterocycles. The van der Waals surface area contributed by atoms with Crippen LogP contribution < -0.4 is 5.73 Å². The predicted molar refractivity (Wildman–Crippen MR) is 56.4 cm³/mol. The summed E-state index contributed by atoms with van der Waals surface area (Å²) in [6.45, 7) is 4.47. The third-order valence-corrected chi connectivity index (χ3v) is 2.14. The molecule has 90 valence electrons. The second kappa shape index (κ2) is 7.62. The van der Waals surface area contributed by atoms with Gasteiger partial charge in [-0.1, -0.05) is 0 Å². The first-order chi connectivity index (χ1) is 7.08. The van der Waals surface area contributed by atoms with Crippen molar-refractivity contribution in [3.63, 3.8) is 0 Å². The molecule has 0 saturated carbocycles. The lowest BCUT2D eigenvalue weighted by Crippen LogP contribution is -2.39. The summed E-state index contributed by atoms with van der Waals surface area (Å²) in [5.41, 5.74) is 4.99. The minimum atomic E-state index is -0.560. The van der Waals surface area contributed by atoms with Crippen LogP contribution in [0.25, 0.3) is 0 Å². The maximum atomic E-state index is 11.1. The first kappa shape index (κ1) is 14.3. The van der Waals surface area contributed by atoms with Crippen molar-refractivity contribution in [2.75, 3.05) is 26.4 Å². The Bertz CT molecular complexity index is 186. The van der Waals surface area contributed by atoms with Crippen molar-refractivity contribution >= 4 is 5.97 Å². The molecule has 0 rings (SSSR count). The van der Waals surface area contributed by atoms with Crippen molar-refractivity contribution in [3.05, 3.63) is 0 Å². The van der Waals surface area contributed by atoms with E-state index >= 15 is 0 Å². The third kappa shape index (κ3) is 6.43. The molecule has 0 aliphatic rings. The third-order valence-electron chi connectivity index (χ3n) is 2.14. The van der Waals surface area contributed by atoms with E-state index in [2.05, 4.69) is 0 Å². The Labute approximate surface area is 90.5 Å². The average Bonchev–Trinajstić information content (AvgIpc) is 2.24. The Hall–Kier alpha value is -0.650. The van der Waals surface area contributed by atoms with Crippen molar-refractivity contribution in [2.24, 2.45) is 5.73 Å². The fourth-order valence-electron chi connectivity index (χ4n) is 1.12. The molecule has 5 heteroatoms. The van der Waals surface area contributed by atoms with Crippen LogP contribution in [0.4, 0.5) is 0 Å². The van der Waals surface area contributed by atoms with Gasteiger partial charge in [-0.15, -0.1) is 0 Å².